The molecule has 138 valence electrons. The van der Waals surface area contributed by atoms with E-state index in [1.807, 2.05) is 48.5 Å². The van der Waals surface area contributed by atoms with E-state index in [2.05, 4.69) is 11.1 Å². The molecular weight excluding hydrogens is 364 g/mol. The highest BCUT2D eigenvalue weighted by Crippen LogP contribution is 2.35. The molecule has 2 aromatic heterocycles. The molecule has 0 atom stereocenters. The summed E-state index contributed by atoms with van der Waals surface area (Å²) in [5.74, 6) is 0. The van der Waals surface area contributed by atoms with E-state index in [4.69, 9.17) is 4.98 Å². The molecule has 2 aromatic carbocycles. The third kappa shape index (κ3) is 3.57. The second-order valence-corrected chi connectivity index (χ2v) is 6.28. The Bertz CT molecular complexity index is 1230. The number of nitriles is 1. The second kappa shape index (κ2) is 7.71. The monoisotopic (exact) mass is 378 g/mol. The lowest BCUT2D eigenvalue weighted by Gasteiger charge is -2.12. The largest absolute Gasteiger partial charge is 0.270 e. The maximum absolute atomic E-state index is 11.2. The number of nitro groups is 1. The molecule has 6 heteroatoms. The molecule has 0 spiro atoms. The molecule has 29 heavy (non-hydrogen) atoms. The number of aromatic nitrogens is 2. The summed E-state index contributed by atoms with van der Waals surface area (Å²) in [5, 5.41) is 21.2. The van der Waals surface area contributed by atoms with Gasteiger partial charge in [0.25, 0.3) is 5.69 Å². The van der Waals surface area contributed by atoms with Crippen LogP contribution in [0.5, 0.6) is 0 Å². The zero-order valence-electron chi connectivity index (χ0n) is 15.2. The summed E-state index contributed by atoms with van der Waals surface area (Å²) in [6.07, 6.45) is 1.67. The van der Waals surface area contributed by atoms with Gasteiger partial charge in [0, 0.05) is 29.5 Å². The van der Waals surface area contributed by atoms with Crippen LogP contribution >= 0.6 is 0 Å². The molecule has 4 rings (SSSR count). The molecule has 0 aliphatic heterocycles. The van der Waals surface area contributed by atoms with Crippen molar-refractivity contribution in [1.82, 2.24) is 9.97 Å². The molecular formula is C23H14N4O2. The fourth-order valence-corrected chi connectivity index (χ4v) is 3.12. The summed E-state index contributed by atoms with van der Waals surface area (Å²) in [6.45, 7) is 0. The Morgan fingerprint density at radius 2 is 1.62 bits per heavy atom. The van der Waals surface area contributed by atoms with E-state index in [0.29, 0.717) is 33.8 Å². The predicted molar refractivity (Wildman–Crippen MR) is 110 cm³/mol. The average Bonchev–Trinajstić information content (AvgIpc) is 2.79. The van der Waals surface area contributed by atoms with Crippen LogP contribution in [0.2, 0.25) is 0 Å². The maximum atomic E-state index is 11.2. The number of nitrogens with zero attached hydrogens (tertiary/aromatic N) is 4. The highest BCUT2D eigenvalue weighted by molar-refractivity contribution is 5.83. The van der Waals surface area contributed by atoms with Gasteiger partial charge < -0.3 is 0 Å². The number of hydrogen-bond acceptors (Lipinski definition) is 5. The van der Waals surface area contributed by atoms with Gasteiger partial charge in [-0.25, -0.2) is 4.98 Å². The summed E-state index contributed by atoms with van der Waals surface area (Å²) in [7, 11) is 0. The lowest BCUT2D eigenvalue weighted by molar-refractivity contribution is -0.384. The Hall–Kier alpha value is -4.37. The van der Waals surface area contributed by atoms with Gasteiger partial charge in [0.1, 0.15) is 6.07 Å². The van der Waals surface area contributed by atoms with Gasteiger partial charge in [0.05, 0.1) is 27.6 Å². The first kappa shape index (κ1) is 18.0. The van der Waals surface area contributed by atoms with Crippen molar-refractivity contribution in [1.29, 1.82) is 5.26 Å². The average molecular weight is 378 g/mol. The molecule has 0 saturated heterocycles. The van der Waals surface area contributed by atoms with Crippen LogP contribution in [-0.2, 0) is 0 Å². The van der Waals surface area contributed by atoms with E-state index >= 15 is 0 Å². The number of hydrogen-bond donors (Lipinski definition) is 0. The summed E-state index contributed by atoms with van der Waals surface area (Å²) >= 11 is 0. The molecule has 0 fully saturated rings. The fraction of sp³-hybridized carbons (Fsp3) is 0. The van der Waals surface area contributed by atoms with Crippen LogP contribution in [0.4, 0.5) is 5.69 Å². The third-order valence-electron chi connectivity index (χ3n) is 4.47. The Morgan fingerprint density at radius 1 is 0.862 bits per heavy atom. The van der Waals surface area contributed by atoms with Crippen LogP contribution in [0.3, 0.4) is 0 Å². The zero-order valence-corrected chi connectivity index (χ0v) is 15.2. The minimum atomic E-state index is -0.450. The number of nitro benzene ring substituents is 1. The van der Waals surface area contributed by atoms with Crippen LogP contribution in [0.1, 0.15) is 5.56 Å². The van der Waals surface area contributed by atoms with Crippen LogP contribution in [0, 0.1) is 21.4 Å². The van der Waals surface area contributed by atoms with Crippen molar-refractivity contribution in [3.63, 3.8) is 0 Å². The first-order valence-electron chi connectivity index (χ1n) is 8.84. The molecule has 6 nitrogen and oxygen atoms in total. The molecule has 4 aromatic rings. The molecule has 0 amide bonds. The highest BCUT2D eigenvalue weighted by Gasteiger charge is 2.18. The van der Waals surface area contributed by atoms with E-state index in [1.54, 1.807) is 24.4 Å². The van der Waals surface area contributed by atoms with Gasteiger partial charge in [-0.1, -0.05) is 48.5 Å². The molecule has 0 radical (unpaired) electrons. The van der Waals surface area contributed by atoms with Gasteiger partial charge in [-0.15, -0.1) is 0 Å². The third-order valence-corrected chi connectivity index (χ3v) is 4.47. The summed E-state index contributed by atoms with van der Waals surface area (Å²) < 4.78 is 0. The number of pyridine rings is 2. The molecule has 0 saturated carbocycles. The summed E-state index contributed by atoms with van der Waals surface area (Å²) in [6, 6.07) is 25.1. The smallest absolute Gasteiger partial charge is 0.258 e. The van der Waals surface area contributed by atoms with Gasteiger partial charge in [-0.2, -0.15) is 5.26 Å². The Kier molecular flexibility index (Phi) is 4.79. The van der Waals surface area contributed by atoms with E-state index in [0.717, 1.165) is 5.56 Å². The van der Waals surface area contributed by atoms with Gasteiger partial charge in [-0.05, 0) is 23.8 Å². The Balaban J connectivity index is 2.03. The van der Waals surface area contributed by atoms with E-state index < -0.39 is 4.92 Å². The highest BCUT2D eigenvalue weighted by atomic mass is 16.6. The molecule has 0 N–H and O–H groups in total. The topological polar surface area (TPSA) is 92.7 Å². The van der Waals surface area contributed by atoms with Crippen molar-refractivity contribution < 1.29 is 4.92 Å². The molecule has 2 heterocycles. The lowest BCUT2D eigenvalue weighted by Crippen LogP contribution is -1.98. The van der Waals surface area contributed by atoms with Crippen molar-refractivity contribution in [2.24, 2.45) is 0 Å². The minimum Gasteiger partial charge on any atom is -0.258 e. The minimum absolute atomic E-state index is 0.0381. The van der Waals surface area contributed by atoms with Crippen molar-refractivity contribution in [3.8, 4) is 39.8 Å². The first-order chi connectivity index (χ1) is 14.2. The second-order valence-electron chi connectivity index (χ2n) is 6.28. The molecule has 0 bridgehead atoms. The quantitative estimate of drug-likeness (QED) is 0.357. The van der Waals surface area contributed by atoms with Crippen LogP contribution in [-0.4, -0.2) is 14.9 Å². The van der Waals surface area contributed by atoms with Crippen molar-refractivity contribution >= 4 is 5.69 Å². The van der Waals surface area contributed by atoms with Crippen molar-refractivity contribution in [3.05, 3.63) is 101 Å². The SMILES string of the molecule is N#Cc1c(-c2cccc([N+](=O)[O-])c2)cc(-c2ccccn2)nc1-c1ccccc1. The Morgan fingerprint density at radius 3 is 2.31 bits per heavy atom. The molecule has 0 unspecified atom stereocenters. The van der Waals surface area contributed by atoms with E-state index in [-0.39, 0.29) is 5.69 Å². The summed E-state index contributed by atoms with van der Waals surface area (Å²) in [4.78, 5) is 19.9. The van der Waals surface area contributed by atoms with Gasteiger partial charge >= 0.3 is 0 Å². The first-order valence-corrected chi connectivity index (χ1v) is 8.84. The number of rotatable bonds is 4. The molecule has 0 aliphatic carbocycles. The van der Waals surface area contributed by atoms with Crippen molar-refractivity contribution in [2.75, 3.05) is 0 Å². The van der Waals surface area contributed by atoms with Crippen LogP contribution in [0.25, 0.3) is 33.8 Å². The number of benzene rings is 2. The maximum Gasteiger partial charge on any atom is 0.270 e. The fourth-order valence-electron chi connectivity index (χ4n) is 3.12. The number of non-ortho nitro benzene ring substituents is 1. The summed E-state index contributed by atoms with van der Waals surface area (Å²) in [5.41, 5.74) is 4.01. The van der Waals surface area contributed by atoms with Gasteiger partial charge in [0.15, 0.2) is 0 Å². The van der Waals surface area contributed by atoms with Crippen molar-refractivity contribution in [2.45, 2.75) is 0 Å². The van der Waals surface area contributed by atoms with Crippen LogP contribution < -0.4 is 0 Å². The molecule has 0 aliphatic rings. The lowest BCUT2D eigenvalue weighted by atomic mass is 9.95. The standard InChI is InChI=1S/C23H14N4O2/c24-15-20-19(17-9-6-10-18(13-17)27(28)29)14-22(21-11-4-5-12-25-21)26-23(20)16-7-2-1-3-8-16/h1-14H. The van der Waals surface area contributed by atoms with Crippen LogP contribution in [0.15, 0.2) is 85.1 Å². The van der Waals surface area contributed by atoms with E-state index in [9.17, 15) is 15.4 Å². The normalized spacial score (nSPS) is 10.3. The Labute approximate surface area is 166 Å². The zero-order chi connectivity index (χ0) is 20.2. The van der Waals surface area contributed by atoms with Gasteiger partial charge in [0.2, 0.25) is 0 Å². The van der Waals surface area contributed by atoms with E-state index in [1.165, 1.54) is 12.1 Å². The van der Waals surface area contributed by atoms with Gasteiger partial charge in [-0.3, -0.25) is 15.1 Å². The predicted octanol–water partition coefficient (Wildman–Crippen LogP) is 5.26.